The van der Waals surface area contributed by atoms with Gasteiger partial charge in [-0.2, -0.15) is 0 Å². The van der Waals surface area contributed by atoms with Gasteiger partial charge in [-0.3, -0.25) is 0 Å². The Bertz CT molecular complexity index is 329. The van der Waals surface area contributed by atoms with Crippen molar-refractivity contribution in [1.29, 1.82) is 0 Å². The molecule has 0 unspecified atom stereocenters. The maximum Gasteiger partial charge on any atom is 0.492 e. The molecule has 3 nitrogen and oxygen atoms in total. The number of fused-ring (bicyclic) bond motifs is 1. The molecule has 0 fully saturated rings. The Morgan fingerprint density at radius 2 is 2.25 bits per heavy atom. The maximum atomic E-state index is 13.0. The summed E-state index contributed by atoms with van der Waals surface area (Å²) in [7, 11) is -1.11. The Morgan fingerprint density at radius 1 is 1.50 bits per heavy atom. The fourth-order valence-corrected chi connectivity index (χ4v) is 1.27. The van der Waals surface area contributed by atoms with E-state index in [1.807, 2.05) is 0 Å². The standard InChI is InChI=1S/C7H6BFO3/c9-7-2-4(10)1-6-5(7)3-12-8(6)11/h1-2,10-11H,3H2. The zero-order chi connectivity index (χ0) is 8.72. The first-order chi connectivity index (χ1) is 5.68. The summed E-state index contributed by atoms with van der Waals surface area (Å²) in [6.07, 6.45) is 0. The zero-order valence-corrected chi connectivity index (χ0v) is 6.12. The summed E-state index contributed by atoms with van der Waals surface area (Å²) in [5.41, 5.74) is 0.632. The third-order valence-electron chi connectivity index (χ3n) is 1.87. The molecule has 1 aliphatic heterocycles. The number of rotatable bonds is 0. The predicted octanol–water partition coefficient (Wildman–Crippen LogP) is -0.251. The zero-order valence-electron chi connectivity index (χ0n) is 6.12. The van der Waals surface area contributed by atoms with Crippen molar-refractivity contribution < 1.29 is 19.2 Å². The first-order valence-corrected chi connectivity index (χ1v) is 3.49. The first kappa shape index (κ1) is 7.58. The van der Waals surface area contributed by atoms with Crippen molar-refractivity contribution in [2.24, 2.45) is 0 Å². The molecule has 1 aromatic rings. The lowest BCUT2D eigenvalue weighted by molar-refractivity contribution is 0.272. The second kappa shape index (κ2) is 2.47. The molecule has 0 bridgehead atoms. The van der Waals surface area contributed by atoms with Crippen molar-refractivity contribution in [2.75, 3.05) is 0 Å². The molecule has 1 aliphatic rings. The van der Waals surface area contributed by atoms with E-state index in [9.17, 15) is 4.39 Å². The summed E-state index contributed by atoms with van der Waals surface area (Å²) >= 11 is 0. The van der Waals surface area contributed by atoms with Crippen molar-refractivity contribution in [2.45, 2.75) is 6.61 Å². The van der Waals surface area contributed by atoms with Gasteiger partial charge < -0.3 is 14.8 Å². The van der Waals surface area contributed by atoms with Crippen LogP contribution >= 0.6 is 0 Å². The lowest BCUT2D eigenvalue weighted by Gasteiger charge is -1.99. The summed E-state index contributed by atoms with van der Waals surface area (Å²) in [4.78, 5) is 0. The normalized spacial score (nSPS) is 15.0. The molecule has 0 atom stereocenters. The number of benzene rings is 1. The summed E-state index contributed by atoms with van der Waals surface area (Å²) in [5.74, 6) is -0.739. The second-order valence-electron chi connectivity index (χ2n) is 2.66. The van der Waals surface area contributed by atoms with Crippen LogP contribution in [0.25, 0.3) is 0 Å². The molecule has 0 radical (unpaired) electrons. The van der Waals surface area contributed by atoms with Gasteiger partial charge in [0.1, 0.15) is 11.6 Å². The third kappa shape index (κ3) is 0.982. The van der Waals surface area contributed by atoms with Gasteiger partial charge in [0.2, 0.25) is 0 Å². The molecule has 12 heavy (non-hydrogen) atoms. The molecule has 62 valence electrons. The highest BCUT2D eigenvalue weighted by Gasteiger charge is 2.30. The Kier molecular flexibility index (Phi) is 1.56. The van der Waals surface area contributed by atoms with Crippen LogP contribution in [-0.2, 0) is 11.3 Å². The lowest BCUT2D eigenvalue weighted by atomic mass is 9.79. The average Bonchev–Trinajstić information content (AvgIpc) is 2.33. The van der Waals surface area contributed by atoms with Crippen LogP contribution in [0, 0.1) is 5.82 Å². The van der Waals surface area contributed by atoms with Crippen molar-refractivity contribution in [3.63, 3.8) is 0 Å². The largest absolute Gasteiger partial charge is 0.508 e. The molecule has 0 amide bonds. The molecular formula is C7H6BFO3. The van der Waals surface area contributed by atoms with E-state index in [4.69, 9.17) is 14.8 Å². The van der Waals surface area contributed by atoms with E-state index in [2.05, 4.69) is 0 Å². The number of aromatic hydroxyl groups is 1. The molecule has 0 saturated carbocycles. The van der Waals surface area contributed by atoms with Crippen LogP contribution in [0.1, 0.15) is 5.56 Å². The monoisotopic (exact) mass is 168 g/mol. The van der Waals surface area contributed by atoms with Crippen LogP contribution in [0.3, 0.4) is 0 Å². The van der Waals surface area contributed by atoms with E-state index in [1.165, 1.54) is 6.07 Å². The van der Waals surface area contributed by atoms with Crippen LogP contribution in [0.5, 0.6) is 5.75 Å². The van der Waals surface area contributed by atoms with Crippen molar-refractivity contribution in [1.82, 2.24) is 0 Å². The van der Waals surface area contributed by atoms with Gasteiger partial charge in [0.15, 0.2) is 0 Å². The number of phenols is 1. The highest BCUT2D eigenvalue weighted by Crippen LogP contribution is 2.18. The Hall–Kier alpha value is -1.07. The summed E-state index contributed by atoms with van der Waals surface area (Å²) in [6.45, 7) is 0.0581. The van der Waals surface area contributed by atoms with Crippen molar-refractivity contribution >= 4 is 12.6 Å². The van der Waals surface area contributed by atoms with E-state index < -0.39 is 12.9 Å². The molecule has 0 spiro atoms. The number of phenolic OH excluding ortho intramolecular Hbond substituents is 1. The van der Waals surface area contributed by atoms with E-state index >= 15 is 0 Å². The van der Waals surface area contributed by atoms with Gasteiger partial charge in [0.25, 0.3) is 0 Å². The quantitative estimate of drug-likeness (QED) is 0.525. The topological polar surface area (TPSA) is 49.7 Å². The smallest absolute Gasteiger partial charge is 0.492 e. The number of hydrogen-bond donors (Lipinski definition) is 2. The van der Waals surface area contributed by atoms with Gasteiger partial charge in [-0.05, 0) is 11.5 Å². The molecule has 0 aliphatic carbocycles. The minimum absolute atomic E-state index is 0.0581. The van der Waals surface area contributed by atoms with Gasteiger partial charge in [0.05, 0.1) is 6.61 Å². The van der Waals surface area contributed by atoms with Crippen molar-refractivity contribution in [3.05, 3.63) is 23.5 Å². The fraction of sp³-hybridized carbons (Fsp3) is 0.143. The summed E-state index contributed by atoms with van der Waals surface area (Å²) < 4.78 is 17.7. The minimum Gasteiger partial charge on any atom is -0.508 e. The Morgan fingerprint density at radius 3 is 3.00 bits per heavy atom. The van der Waals surface area contributed by atoms with Crippen LogP contribution in [-0.4, -0.2) is 17.2 Å². The van der Waals surface area contributed by atoms with Crippen molar-refractivity contribution in [3.8, 4) is 5.75 Å². The average molecular weight is 168 g/mol. The third-order valence-corrected chi connectivity index (χ3v) is 1.87. The molecule has 5 heteroatoms. The molecule has 1 heterocycles. The molecule has 0 saturated heterocycles. The highest BCUT2D eigenvalue weighted by atomic mass is 19.1. The van der Waals surface area contributed by atoms with Gasteiger partial charge in [-0.1, -0.05) is 0 Å². The van der Waals surface area contributed by atoms with Crippen LogP contribution in [0.15, 0.2) is 12.1 Å². The minimum atomic E-state index is -1.11. The summed E-state index contributed by atoms with van der Waals surface area (Å²) in [5, 5.41) is 18.1. The van der Waals surface area contributed by atoms with E-state index in [0.29, 0.717) is 11.0 Å². The highest BCUT2D eigenvalue weighted by molar-refractivity contribution is 6.61. The van der Waals surface area contributed by atoms with E-state index in [1.54, 1.807) is 0 Å². The molecular weight excluding hydrogens is 162 g/mol. The Labute approximate surface area is 68.6 Å². The second-order valence-corrected chi connectivity index (χ2v) is 2.66. The lowest BCUT2D eigenvalue weighted by Crippen LogP contribution is -2.28. The van der Waals surface area contributed by atoms with Gasteiger partial charge in [0, 0.05) is 11.6 Å². The van der Waals surface area contributed by atoms with E-state index in [-0.39, 0.29) is 12.4 Å². The molecule has 1 aromatic carbocycles. The SMILES string of the molecule is OB1OCc2c(F)cc(O)cc21. The van der Waals surface area contributed by atoms with Gasteiger partial charge in [-0.15, -0.1) is 0 Å². The predicted molar refractivity (Wildman–Crippen MR) is 40.5 cm³/mol. The number of halogens is 1. The van der Waals surface area contributed by atoms with Crippen LogP contribution < -0.4 is 5.46 Å². The number of hydrogen-bond acceptors (Lipinski definition) is 3. The maximum absolute atomic E-state index is 13.0. The van der Waals surface area contributed by atoms with Crippen LogP contribution in [0.4, 0.5) is 4.39 Å². The van der Waals surface area contributed by atoms with Crippen LogP contribution in [0.2, 0.25) is 0 Å². The fourth-order valence-electron chi connectivity index (χ4n) is 1.27. The van der Waals surface area contributed by atoms with E-state index in [0.717, 1.165) is 6.07 Å². The molecule has 2 rings (SSSR count). The Balaban J connectivity index is 2.60. The molecule has 0 aromatic heterocycles. The molecule has 2 N–H and O–H groups in total. The summed E-state index contributed by atoms with van der Waals surface area (Å²) in [6, 6.07) is 2.30. The van der Waals surface area contributed by atoms with Gasteiger partial charge >= 0.3 is 7.12 Å². The van der Waals surface area contributed by atoms with Gasteiger partial charge in [-0.25, -0.2) is 4.39 Å². The first-order valence-electron chi connectivity index (χ1n) is 3.49.